The molecule has 8 rings (SSSR count). The Morgan fingerprint density at radius 1 is 0.341 bits per heavy atom. The lowest BCUT2D eigenvalue weighted by Crippen LogP contribution is -2.09. The highest BCUT2D eigenvalue weighted by Gasteiger charge is 2.16. The van der Waals surface area contributed by atoms with Crippen molar-refractivity contribution in [3.63, 3.8) is 0 Å². The van der Waals surface area contributed by atoms with Crippen molar-refractivity contribution in [3.05, 3.63) is 176 Å². The summed E-state index contributed by atoms with van der Waals surface area (Å²) in [5, 5.41) is 2.65. The molecule has 0 aliphatic carbocycles. The van der Waals surface area contributed by atoms with Gasteiger partial charge < -0.3 is 4.90 Å². The summed E-state index contributed by atoms with van der Waals surface area (Å²) in [7, 11) is 0. The van der Waals surface area contributed by atoms with Crippen molar-refractivity contribution < 1.29 is 0 Å². The van der Waals surface area contributed by atoms with Gasteiger partial charge in [0.05, 0.1) is 0 Å². The van der Waals surface area contributed by atoms with Crippen molar-refractivity contribution in [2.45, 2.75) is 0 Å². The van der Waals surface area contributed by atoms with Crippen LogP contribution in [0.4, 0.5) is 17.1 Å². The van der Waals surface area contributed by atoms with E-state index in [9.17, 15) is 0 Å². The number of hydrogen-bond acceptors (Lipinski definition) is 2. The van der Waals surface area contributed by atoms with Gasteiger partial charge in [-0.25, -0.2) is 0 Å². The first-order valence-electron chi connectivity index (χ1n) is 14.9. The highest BCUT2D eigenvalue weighted by atomic mass is 32.1. The zero-order chi connectivity index (χ0) is 29.3. The molecule has 0 amide bonds. The first-order chi connectivity index (χ1) is 21.8. The van der Waals surface area contributed by atoms with Crippen LogP contribution in [0.5, 0.6) is 0 Å². The summed E-state index contributed by atoms with van der Waals surface area (Å²) in [6, 6.07) is 63.2. The molecular formula is C42H29NS. The topological polar surface area (TPSA) is 3.24 Å². The van der Waals surface area contributed by atoms with E-state index in [0.29, 0.717) is 0 Å². The van der Waals surface area contributed by atoms with Crippen molar-refractivity contribution in [3.8, 4) is 33.4 Å². The first kappa shape index (κ1) is 26.2. The maximum atomic E-state index is 2.33. The molecule has 0 N–H and O–H groups in total. The minimum Gasteiger partial charge on any atom is -0.310 e. The number of thiophene rings is 1. The minimum absolute atomic E-state index is 1.12. The molecule has 44 heavy (non-hydrogen) atoms. The third-order valence-electron chi connectivity index (χ3n) is 8.28. The largest absolute Gasteiger partial charge is 0.310 e. The fourth-order valence-electron chi connectivity index (χ4n) is 6.20. The predicted octanol–water partition coefficient (Wildman–Crippen LogP) is 12.5. The van der Waals surface area contributed by atoms with Crippen LogP contribution in [0.3, 0.4) is 0 Å². The zero-order valence-electron chi connectivity index (χ0n) is 24.1. The number of anilines is 3. The monoisotopic (exact) mass is 579 g/mol. The number of fused-ring (bicyclic) bond motifs is 3. The first-order valence-corrected chi connectivity index (χ1v) is 15.8. The maximum Gasteiger partial charge on any atom is 0.0467 e. The Morgan fingerprint density at radius 2 is 0.909 bits per heavy atom. The lowest BCUT2D eigenvalue weighted by Gasteiger charge is -2.26. The second-order valence-electron chi connectivity index (χ2n) is 11.0. The van der Waals surface area contributed by atoms with Gasteiger partial charge in [-0.2, -0.15) is 0 Å². The lowest BCUT2D eigenvalue weighted by molar-refractivity contribution is 1.28. The Kier molecular flexibility index (Phi) is 6.75. The maximum absolute atomic E-state index is 2.33. The molecular weight excluding hydrogens is 551 g/mol. The second-order valence-corrected chi connectivity index (χ2v) is 12.0. The van der Waals surface area contributed by atoms with Gasteiger partial charge in [-0.1, -0.05) is 133 Å². The van der Waals surface area contributed by atoms with Crippen molar-refractivity contribution in [2.75, 3.05) is 4.90 Å². The number of benzene rings is 7. The quantitative estimate of drug-likeness (QED) is 0.189. The Balaban J connectivity index is 1.21. The minimum atomic E-state index is 1.12. The lowest BCUT2D eigenvalue weighted by atomic mass is 9.93. The number of rotatable bonds is 6. The van der Waals surface area contributed by atoms with E-state index in [1.807, 2.05) is 11.3 Å². The number of para-hydroxylation sites is 1. The summed E-state index contributed by atoms with van der Waals surface area (Å²) < 4.78 is 2.67. The van der Waals surface area contributed by atoms with E-state index < -0.39 is 0 Å². The van der Waals surface area contributed by atoms with Gasteiger partial charge in [0.1, 0.15) is 0 Å². The van der Waals surface area contributed by atoms with Crippen LogP contribution in [0.15, 0.2) is 176 Å². The molecule has 8 aromatic rings. The summed E-state index contributed by atoms with van der Waals surface area (Å²) in [5.41, 5.74) is 10.8. The molecule has 208 valence electrons. The van der Waals surface area contributed by atoms with E-state index in [1.165, 1.54) is 53.6 Å². The molecule has 0 bridgehead atoms. The Bertz CT molecular complexity index is 2210. The summed E-state index contributed by atoms with van der Waals surface area (Å²) in [5.74, 6) is 0. The van der Waals surface area contributed by atoms with Crippen LogP contribution in [-0.2, 0) is 0 Å². The fourth-order valence-corrected chi connectivity index (χ4v) is 7.43. The third-order valence-corrected chi connectivity index (χ3v) is 9.50. The molecule has 1 nitrogen and oxygen atoms in total. The second kappa shape index (κ2) is 11.3. The zero-order valence-corrected chi connectivity index (χ0v) is 24.9. The Morgan fingerprint density at radius 3 is 1.73 bits per heavy atom. The number of nitrogens with zero attached hydrogens (tertiary/aromatic N) is 1. The van der Waals surface area contributed by atoms with Crippen LogP contribution >= 0.6 is 11.3 Å². The van der Waals surface area contributed by atoms with E-state index in [4.69, 9.17) is 0 Å². The van der Waals surface area contributed by atoms with Crippen LogP contribution in [0, 0.1) is 0 Å². The van der Waals surface area contributed by atoms with E-state index in [2.05, 4.69) is 181 Å². The van der Waals surface area contributed by atoms with Gasteiger partial charge in [0.25, 0.3) is 0 Å². The van der Waals surface area contributed by atoms with Crippen molar-refractivity contribution >= 4 is 48.6 Å². The van der Waals surface area contributed by atoms with Gasteiger partial charge in [-0.05, 0) is 70.3 Å². The van der Waals surface area contributed by atoms with Crippen LogP contribution in [0.2, 0.25) is 0 Å². The smallest absolute Gasteiger partial charge is 0.0467 e. The molecule has 0 fully saturated rings. The molecule has 0 unspecified atom stereocenters. The average Bonchev–Trinajstić information content (AvgIpc) is 3.49. The normalized spacial score (nSPS) is 11.2. The van der Waals surface area contributed by atoms with Gasteiger partial charge >= 0.3 is 0 Å². The molecule has 1 aromatic heterocycles. The Labute approximate surface area is 261 Å². The van der Waals surface area contributed by atoms with E-state index in [1.54, 1.807) is 0 Å². The highest BCUT2D eigenvalue weighted by Crippen LogP contribution is 2.43. The molecule has 0 aliphatic heterocycles. The Hall–Kier alpha value is -5.44. The van der Waals surface area contributed by atoms with Crippen LogP contribution in [-0.4, -0.2) is 0 Å². The van der Waals surface area contributed by atoms with Gasteiger partial charge in [-0.15, -0.1) is 11.3 Å². The van der Waals surface area contributed by atoms with E-state index in [0.717, 1.165) is 17.1 Å². The molecule has 0 atom stereocenters. The van der Waals surface area contributed by atoms with E-state index in [-0.39, 0.29) is 0 Å². The summed E-state index contributed by atoms with van der Waals surface area (Å²) in [4.78, 5) is 2.33. The average molecular weight is 580 g/mol. The summed E-state index contributed by atoms with van der Waals surface area (Å²) in [6.07, 6.45) is 0. The van der Waals surface area contributed by atoms with E-state index >= 15 is 0 Å². The molecule has 2 heteroatoms. The molecule has 0 radical (unpaired) electrons. The molecule has 7 aromatic carbocycles. The van der Waals surface area contributed by atoms with Crippen LogP contribution in [0.25, 0.3) is 53.6 Å². The van der Waals surface area contributed by atoms with Crippen molar-refractivity contribution in [1.82, 2.24) is 0 Å². The van der Waals surface area contributed by atoms with Crippen LogP contribution < -0.4 is 4.90 Å². The highest BCUT2D eigenvalue weighted by molar-refractivity contribution is 7.26. The van der Waals surface area contributed by atoms with Gasteiger partial charge in [0.15, 0.2) is 0 Å². The van der Waals surface area contributed by atoms with Crippen LogP contribution in [0.1, 0.15) is 0 Å². The number of hydrogen-bond donors (Lipinski definition) is 0. The molecule has 0 spiro atoms. The summed E-state index contributed by atoms with van der Waals surface area (Å²) in [6.45, 7) is 0. The molecule has 0 aliphatic rings. The SMILES string of the molecule is c1ccc(-c2cccc(N(c3ccccc3)c3ccc(-c4ccccc4-c4cccc5c4sc4ccccc45)cc3)c2)cc1. The fraction of sp³-hybridized carbons (Fsp3) is 0. The summed E-state index contributed by atoms with van der Waals surface area (Å²) >= 11 is 1.88. The third kappa shape index (κ3) is 4.76. The van der Waals surface area contributed by atoms with Crippen molar-refractivity contribution in [1.29, 1.82) is 0 Å². The molecule has 1 heterocycles. The standard InChI is InChI=1S/C42H29NS/c1-3-13-30(14-4-1)32-15-11-18-35(29-32)43(33-16-5-2-6-17-33)34-27-25-31(26-28-34)36-19-7-8-20-37(36)39-22-12-23-40-38-21-9-10-24-41(38)44-42(39)40/h1-29H. The van der Waals surface area contributed by atoms with Crippen molar-refractivity contribution in [2.24, 2.45) is 0 Å². The molecule has 0 saturated carbocycles. The molecule has 0 saturated heterocycles. The van der Waals surface area contributed by atoms with Gasteiger partial charge in [0, 0.05) is 42.8 Å². The van der Waals surface area contributed by atoms with Gasteiger partial charge in [0.2, 0.25) is 0 Å². The van der Waals surface area contributed by atoms with Gasteiger partial charge in [-0.3, -0.25) is 0 Å². The predicted molar refractivity (Wildman–Crippen MR) is 190 cm³/mol.